The van der Waals surface area contributed by atoms with E-state index in [0.717, 1.165) is 30.4 Å². The van der Waals surface area contributed by atoms with E-state index in [1.54, 1.807) is 12.1 Å². The summed E-state index contributed by atoms with van der Waals surface area (Å²) in [6.45, 7) is 5.19. The van der Waals surface area contributed by atoms with Crippen molar-refractivity contribution in [1.82, 2.24) is 4.90 Å². The molecule has 1 heterocycles. The van der Waals surface area contributed by atoms with E-state index in [1.165, 1.54) is 10.6 Å². The monoisotopic (exact) mass is 400 g/mol. The van der Waals surface area contributed by atoms with E-state index in [4.69, 9.17) is 0 Å². The van der Waals surface area contributed by atoms with E-state index in [0.29, 0.717) is 24.3 Å². The molecular formula is C22H28N2O3S. The third-order valence-corrected chi connectivity index (χ3v) is 6.56. The van der Waals surface area contributed by atoms with Crippen LogP contribution < -0.4 is 4.31 Å². The van der Waals surface area contributed by atoms with Crippen LogP contribution in [0.1, 0.15) is 48.2 Å². The quantitative estimate of drug-likeness (QED) is 0.740. The molecule has 1 aliphatic heterocycles. The Balaban J connectivity index is 1.91. The number of carbonyl (C=O) groups is 1. The second-order valence-corrected chi connectivity index (χ2v) is 9.36. The van der Waals surface area contributed by atoms with Gasteiger partial charge in [0.1, 0.15) is 0 Å². The molecule has 1 amide bonds. The van der Waals surface area contributed by atoms with Gasteiger partial charge in [-0.2, -0.15) is 0 Å². The van der Waals surface area contributed by atoms with Crippen molar-refractivity contribution in [1.29, 1.82) is 0 Å². The molecule has 28 heavy (non-hydrogen) atoms. The summed E-state index contributed by atoms with van der Waals surface area (Å²) in [6.07, 6.45) is 3.64. The molecule has 1 aliphatic rings. The molecule has 0 aliphatic carbocycles. The molecule has 150 valence electrons. The van der Waals surface area contributed by atoms with Gasteiger partial charge in [-0.05, 0) is 55.5 Å². The minimum absolute atomic E-state index is 0.0162. The fourth-order valence-corrected chi connectivity index (χ4v) is 4.63. The summed E-state index contributed by atoms with van der Waals surface area (Å²) in [6, 6.07) is 15.5. The Labute approximate surface area is 168 Å². The summed E-state index contributed by atoms with van der Waals surface area (Å²) in [5.41, 5.74) is 3.33. The number of aryl methyl sites for hydroxylation is 1. The maximum atomic E-state index is 13.3. The second-order valence-electron chi connectivity index (χ2n) is 7.46. The topological polar surface area (TPSA) is 57.7 Å². The molecule has 0 saturated carbocycles. The van der Waals surface area contributed by atoms with Gasteiger partial charge in [0, 0.05) is 24.7 Å². The number of hydrogen-bond donors (Lipinski definition) is 0. The van der Waals surface area contributed by atoms with Crippen molar-refractivity contribution in [3.8, 4) is 0 Å². The first kappa shape index (κ1) is 20.4. The number of amides is 1. The highest BCUT2D eigenvalue weighted by molar-refractivity contribution is 7.92. The van der Waals surface area contributed by atoms with E-state index < -0.39 is 10.0 Å². The van der Waals surface area contributed by atoms with Crippen LogP contribution in [0.5, 0.6) is 0 Å². The van der Waals surface area contributed by atoms with Gasteiger partial charge in [-0.3, -0.25) is 9.10 Å². The molecule has 0 N–H and O–H groups in total. The van der Waals surface area contributed by atoms with Crippen LogP contribution >= 0.6 is 0 Å². The van der Waals surface area contributed by atoms with Crippen molar-refractivity contribution in [3.05, 3.63) is 65.2 Å². The van der Waals surface area contributed by atoms with Gasteiger partial charge in [-0.15, -0.1) is 0 Å². The van der Waals surface area contributed by atoms with Crippen LogP contribution in [0.4, 0.5) is 5.69 Å². The molecule has 0 fully saturated rings. The lowest BCUT2D eigenvalue weighted by molar-refractivity contribution is 0.0671. The van der Waals surface area contributed by atoms with Crippen LogP contribution in [0.3, 0.4) is 0 Å². The molecule has 1 unspecified atom stereocenters. The number of sulfonamides is 1. The van der Waals surface area contributed by atoms with E-state index >= 15 is 0 Å². The number of anilines is 1. The zero-order valence-electron chi connectivity index (χ0n) is 16.8. The summed E-state index contributed by atoms with van der Waals surface area (Å²) in [7, 11) is -3.31. The first-order valence-electron chi connectivity index (χ1n) is 9.76. The Morgan fingerprint density at radius 2 is 1.89 bits per heavy atom. The zero-order chi connectivity index (χ0) is 20.3. The van der Waals surface area contributed by atoms with Crippen molar-refractivity contribution in [3.63, 3.8) is 0 Å². The van der Waals surface area contributed by atoms with Crippen LogP contribution in [-0.2, 0) is 23.0 Å². The Morgan fingerprint density at radius 1 is 1.18 bits per heavy atom. The Kier molecular flexibility index (Phi) is 6.08. The Hall–Kier alpha value is -2.34. The summed E-state index contributed by atoms with van der Waals surface area (Å²) in [5.74, 6) is -0.0162. The molecule has 2 aromatic rings. The number of rotatable bonds is 6. The normalized spacial score (nSPS) is 15.0. The van der Waals surface area contributed by atoms with Gasteiger partial charge in [-0.25, -0.2) is 8.42 Å². The molecule has 0 spiro atoms. The van der Waals surface area contributed by atoms with Crippen LogP contribution in [0, 0.1) is 0 Å². The van der Waals surface area contributed by atoms with Gasteiger partial charge in [0.15, 0.2) is 0 Å². The molecule has 6 heteroatoms. The molecule has 1 atom stereocenters. The van der Waals surface area contributed by atoms with E-state index in [1.807, 2.05) is 41.3 Å². The van der Waals surface area contributed by atoms with Crippen LogP contribution in [0.2, 0.25) is 0 Å². The van der Waals surface area contributed by atoms with Gasteiger partial charge in [0.2, 0.25) is 10.0 Å². The average Bonchev–Trinajstić information content (AvgIpc) is 2.70. The van der Waals surface area contributed by atoms with Crippen molar-refractivity contribution >= 4 is 21.6 Å². The smallest absolute Gasteiger partial charge is 0.254 e. The molecular weight excluding hydrogens is 372 g/mol. The predicted octanol–water partition coefficient (Wildman–Crippen LogP) is 3.84. The lowest BCUT2D eigenvalue weighted by Gasteiger charge is -2.31. The maximum Gasteiger partial charge on any atom is 0.254 e. The molecule has 5 nitrogen and oxygen atoms in total. The van der Waals surface area contributed by atoms with Gasteiger partial charge >= 0.3 is 0 Å². The van der Waals surface area contributed by atoms with Gasteiger partial charge < -0.3 is 4.90 Å². The third-order valence-electron chi connectivity index (χ3n) is 5.38. The highest BCUT2D eigenvalue weighted by Crippen LogP contribution is 2.30. The summed E-state index contributed by atoms with van der Waals surface area (Å²) < 4.78 is 25.6. The highest BCUT2D eigenvalue weighted by Gasteiger charge is 2.26. The average molecular weight is 401 g/mol. The Bertz CT molecular complexity index is 942. The van der Waals surface area contributed by atoms with Crippen LogP contribution in [0.15, 0.2) is 48.5 Å². The number of carbonyl (C=O) groups excluding carboxylic acids is 1. The summed E-state index contributed by atoms with van der Waals surface area (Å²) in [4.78, 5) is 15.2. The van der Waals surface area contributed by atoms with Gasteiger partial charge in [-0.1, -0.05) is 37.3 Å². The Morgan fingerprint density at radius 3 is 2.54 bits per heavy atom. The van der Waals surface area contributed by atoms with Crippen molar-refractivity contribution < 1.29 is 13.2 Å². The van der Waals surface area contributed by atoms with E-state index in [2.05, 4.69) is 13.8 Å². The number of fused-ring (bicyclic) bond motifs is 1. The van der Waals surface area contributed by atoms with Crippen molar-refractivity contribution in [2.45, 2.75) is 45.7 Å². The third kappa shape index (κ3) is 4.38. The zero-order valence-corrected chi connectivity index (χ0v) is 17.6. The molecule has 0 bridgehead atoms. The molecule has 2 aromatic carbocycles. The number of benzene rings is 2. The van der Waals surface area contributed by atoms with Gasteiger partial charge in [0.05, 0.1) is 11.9 Å². The van der Waals surface area contributed by atoms with Crippen LogP contribution in [-0.4, -0.2) is 38.1 Å². The molecule has 0 aromatic heterocycles. The SMILES string of the molecule is CCC(C)N(Cc1ccccc1)C(=O)c1ccc2c(c1)CCCN2S(C)(=O)=O. The number of hydrogen-bond acceptors (Lipinski definition) is 3. The largest absolute Gasteiger partial charge is 0.332 e. The first-order chi connectivity index (χ1) is 13.3. The van der Waals surface area contributed by atoms with E-state index in [9.17, 15) is 13.2 Å². The summed E-state index contributed by atoms with van der Waals surface area (Å²) >= 11 is 0. The van der Waals surface area contributed by atoms with E-state index in [-0.39, 0.29) is 11.9 Å². The molecule has 0 radical (unpaired) electrons. The fourth-order valence-electron chi connectivity index (χ4n) is 3.63. The van der Waals surface area contributed by atoms with Crippen molar-refractivity contribution in [2.24, 2.45) is 0 Å². The second kappa shape index (κ2) is 8.35. The minimum Gasteiger partial charge on any atom is -0.332 e. The highest BCUT2D eigenvalue weighted by atomic mass is 32.2. The summed E-state index contributed by atoms with van der Waals surface area (Å²) in [5, 5.41) is 0. The molecule has 0 saturated heterocycles. The fraction of sp³-hybridized carbons (Fsp3) is 0.409. The first-order valence-corrected chi connectivity index (χ1v) is 11.6. The molecule has 3 rings (SSSR count). The van der Waals surface area contributed by atoms with Crippen LogP contribution in [0.25, 0.3) is 0 Å². The standard InChI is InChI=1S/C22H28N2O3S/c1-4-17(2)23(16-18-9-6-5-7-10-18)22(25)20-12-13-21-19(15-20)11-8-14-24(21)28(3,26)27/h5-7,9-10,12-13,15,17H,4,8,11,14,16H2,1-3H3. The number of nitrogens with zero attached hydrogens (tertiary/aromatic N) is 2. The van der Waals surface area contributed by atoms with Crippen molar-refractivity contribution in [2.75, 3.05) is 17.1 Å². The van der Waals surface area contributed by atoms with Gasteiger partial charge in [0.25, 0.3) is 5.91 Å². The minimum atomic E-state index is -3.31. The lowest BCUT2D eigenvalue weighted by Crippen LogP contribution is -2.38. The lowest BCUT2D eigenvalue weighted by atomic mass is 9.99. The maximum absolute atomic E-state index is 13.3. The predicted molar refractivity (Wildman–Crippen MR) is 113 cm³/mol.